The lowest BCUT2D eigenvalue weighted by Gasteiger charge is -2.58. The number of allylic oxidation sites excluding steroid dienone is 2. The zero-order chi connectivity index (χ0) is 21.0. The van der Waals surface area contributed by atoms with E-state index < -0.39 is 0 Å². The molecular weight excluding hydrogens is 352 g/mol. The zero-order valence-electron chi connectivity index (χ0n) is 19.8. The lowest BCUT2D eigenvalue weighted by molar-refractivity contribution is -0.0562. The minimum Gasteiger partial charge on any atom is -0.393 e. The van der Waals surface area contributed by atoms with Gasteiger partial charge in [0.25, 0.3) is 0 Å². The third-order valence-corrected chi connectivity index (χ3v) is 10.2. The van der Waals surface area contributed by atoms with Crippen LogP contribution in [0.4, 0.5) is 0 Å². The van der Waals surface area contributed by atoms with E-state index in [1.54, 1.807) is 11.1 Å². The monoisotopic (exact) mass is 398 g/mol. The van der Waals surface area contributed by atoms with Crippen molar-refractivity contribution in [2.24, 2.45) is 46.3 Å². The summed E-state index contributed by atoms with van der Waals surface area (Å²) >= 11 is 0. The van der Waals surface area contributed by atoms with Crippen molar-refractivity contribution in [3.05, 3.63) is 23.8 Å². The third-order valence-electron chi connectivity index (χ3n) is 10.2. The molecule has 0 saturated heterocycles. The van der Waals surface area contributed by atoms with Gasteiger partial charge in [-0.2, -0.15) is 0 Å². The maximum Gasteiger partial charge on any atom is 0.0577 e. The molecule has 0 bridgehead atoms. The van der Waals surface area contributed by atoms with Crippen LogP contribution in [-0.2, 0) is 0 Å². The Hall–Kier alpha value is -0.560. The van der Waals surface area contributed by atoms with Crippen LogP contribution in [0.5, 0.6) is 0 Å². The average molecular weight is 399 g/mol. The average Bonchev–Trinajstić information content (AvgIpc) is 2.92. The molecule has 0 aromatic rings. The van der Waals surface area contributed by atoms with E-state index in [4.69, 9.17) is 0 Å². The van der Waals surface area contributed by atoms with Crippen LogP contribution in [0.3, 0.4) is 0 Å². The normalized spacial score (nSPS) is 45.4. The molecule has 0 unspecified atom stereocenters. The summed E-state index contributed by atoms with van der Waals surface area (Å²) in [7, 11) is 0. The second-order valence-corrected chi connectivity index (χ2v) is 12.3. The second kappa shape index (κ2) is 7.85. The fraction of sp³-hybridized carbons (Fsp3) is 0.857. The predicted molar refractivity (Wildman–Crippen MR) is 124 cm³/mol. The molecule has 0 spiro atoms. The smallest absolute Gasteiger partial charge is 0.0577 e. The summed E-state index contributed by atoms with van der Waals surface area (Å²) in [5, 5.41) is 10.2. The van der Waals surface area contributed by atoms with Crippen molar-refractivity contribution in [3.8, 4) is 0 Å². The van der Waals surface area contributed by atoms with Crippen LogP contribution in [0.2, 0.25) is 0 Å². The van der Waals surface area contributed by atoms with Crippen LogP contribution in [-0.4, -0.2) is 11.2 Å². The van der Waals surface area contributed by atoms with E-state index in [9.17, 15) is 5.11 Å². The zero-order valence-corrected chi connectivity index (χ0v) is 19.8. The molecule has 1 nitrogen and oxygen atoms in total. The van der Waals surface area contributed by atoms with Crippen molar-refractivity contribution >= 4 is 0 Å². The first-order valence-corrected chi connectivity index (χ1v) is 12.7. The van der Waals surface area contributed by atoms with Gasteiger partial charge in [0.15, 0.2) is 0 Å². The van der Waals surface area contributed by atoms with Crippen LogP contribution in [0.15, 0.2) is 23.8 Å². The number of fused-ring (bicyclic) bond motifs is 5. The maximum absolute atomic E-state index is 10.2. The Bertz CT molecular complexity index is 659. The lowest BCUT2D eigenvalue weighted by Crippen LogP contribution is -2.50. The molecule has 0 aromatic heterocycles. The Labute approximate surface area is 180 Å². The van der Waals surface area contributed by atoms with Gasteiger partial charge in [-0.25, -0.2) is 0 Å². The van der Waals surface area contributed by atoms with Crippen molar-refractivity contribution in [3.63, 3.8) is 0 Å². The van der Waals surface area contributed by atoms with Gasteiger partial charge in [-0.15, -0.1) is 0 Å². The van der Waals surface area contributed by atoms with E-state index >= 15 is 0 Å². The molecule has 0 heterocycles. The van der Waals surface area contributed by atoms with Gasteiger partial charge in [-0.1, -0.05) is 77.7 Å². The standard InChI is InChI=1S/C28H46O/c1-18(2)8-7-9-19(3)26-20(4)16-25-23-11-10-21-17-22(29)12-14-27(21,5)24(23)13-15-28(25,26)6/h10,18-19,22-26,29H,4,7-9,11-17H2,1-3,5-6H3/t19-,22+,23-,24+,25+,26+,27+,28+/m1/s1. The first kappa shape index (κ1) is 21.7. The summed E-state index contributed by atoms with van der Waals surface area (Å²) in [4.78, 5) is 0. The van der Waals surface area contributed by atoms with Crippen molar-refractivity contribution in [2.45, 2.75) is 105 Å². The van der Waals surface area contributed by atoms with Crippen LogP contribution >= 0.6 is 0 Å². The number of aliphatic hydroxyl groups is 1. The minimum atomic E-state index is -0.0953. The molecule has 29 heavy (non-hydrogen) atoms. The quantitative estimate of drug-likeness (QED) is 0.474. The Morgan fingerprint density at radius 2 is 1.83 bits per heavy atom. The number of hydrogen-bond donors (Lipinski definition) is 1. The van der Waals surface area contributed by atoms with Gasteiger partial charge < -0.3 is 5.11 Å². The van der Waals surface area contributed by atoms with Gasteiger partial charge in [0.1, 0.15) is 0 Å². The topological polar surface area (TPSA) is 20.2 Å². The van der Waals surface area contributed by atoms with Gasteiger partial charge >= 0.3 is 0 Å². The van der Waals surface area contributed by atoms with Crippen molar-refractivity contribution in [1.29, 1.82) is 0 Å². The first-order chi connectivity index (χ1) is 13.7. The highest BCUT2D eigenvalue weighted by Crippen LogP contribution is 2.68. The van der Waals surface area contributed by atoms with E-state index in [1.807, 2.05) is 0 Å². The summed E-state index contributed by atoms with van der Waals surface area (Å²) in [6.45, 7) is 17.1. The molecule has 1 heteroatoms. The Morgan fingerprint density at radius 3 is 2.55 bits per heavy atom. The summed E-state index contributed by atoms with van der Waals surface area (Å²) < 4.78 is 0. The van der Waals surface area contributed by atoms with Crippen molar-refractivity contribution in [1.82, 2.24) is 0 Å². The molecule has 4 aliphatic rings. The van der Waals surface area contributed by atoms with Crippen molar-refractivity contribution in [2.75, 3.05) is 0 Å². The SMILES string of the molecule is C=C1C[C@H]2[C@@H]3CC=C4C[C@@H](O)CC[C@]4(C)[C@H]3CC[C@]2(C)[C@H]1[C@H](C)CCCC(C)C. The third kappa shape index (κ3) is 3.58. The van der Waals surface area contributed by atoms with E-state index in [2.05, 4.69) is 47.3 Å². The molecule has 0 aliphatic heterocycles. The number of hydrogen-bond acceptors (Lipinski definition) is 1. The summed E-state index contributed by atoms with van der Waals surface area (Å²) in [6.07, 6.45) is 15.0. The van der Waals surface area contributed by atoms with Crippen LogP contribution in [0, 0.1) is 46.3 Å². The van der Waals surface area contributed by atoms with E-state index in [-0.39, 0.29) is 6.10 Å². The van der Waals surface area contributed by atoms with Gasteiger partial charge in [0.2, 0.25) is 0 Å². The molecular formula is C28H46O. The van der Waals surface area contributed by atoms with E-state index in [0.29, 0.717) is 10.8 Å². The molecule has 1 N–H and O–H groups in total. The van der Waals surface area contributed by atoms with E-state index in [1.165, 1.54) is 51.4 Å². The fourth-order valence-corrected chi connectivity index (χ4v) is 8.70. The molecule has 0 aromatic carbocycles. The highest BCUT2D eigenvalue weighted by molar-refractivity contribution is 5.28. The van der Waals surface area contributed by atoms with E-state index in [0.717, 1.165) is 48.3 Å². The fourth-order valence-electron chi connectivity index (χ4n) is 8.70. The maximum atomic E-state index is 10.2. The number of rotatable bonds is 5. The molecule has 164 valence electrons. The molecule has 4 aliphatic carbocycles. The largest absolute Gasteiger partial charge is 0.393 e. The second-order valence-electron chi connectivity index (χ2n) is 12.3. The first-order valence-electron chi connectivity index (χ1n) is 12.7. The molecule has 4 rings (SSSR count). The molecule has 8 atom stereocenters. The molecule has 0 amide bonds. The summed E-state index contributed by atoms with van der Waals surface area (Å²) in [5.74, 6) is 4.83. The predicted octanol–water partition coefficient (Wildman–Crippen LogP) is 7.55. The molecule has 3 fully saturated rings. The summed E-state index contributed by atoms with van der Waals surface area (Å²) in [5.41, 5.74) is 3.99. The Morgan fingerprint density at radius 1 is 1.07 bits per heavy atom. The Kier molecular flexibility index (Phi) is 5.86. The highest BCUT2D eigenvalue weighted by Gasteiger charge is 2.60. The highest BCUT2D eigenvalue weighted by atomic mass is 16.3. The van der Waals surface area contributed by atoms with Crippen LogP contribution in [0.25, 0.3) is 0 Å². The van der Waals surface area contributed by atoms with Crippen LogP contribution in [0.1, 0.15) is 98.8 Å². The minimum absolute atomic E-state index is 0.0953. The number of aliphatic hydroxyl groups excluding tert-OH is 1. The van der Waals surface area contributed by atoms with Gasteiger partial charge in [-0.05, 0) is 91.3 Å². The van der Waals surface area contributed by atoms with Gasteiger partial charge in [-0.3, -0.25) is 0 Å². The van der Waals surface area contributed by atoms with Crippen LogP contribution < -0.4 is 0 Å². The lowest BCUT2D eigenvalue weighted by atomic mass is 9.47. The molecule has 3 saturated carbocycles. The van der Waals surface area contributed by atoms with Crippen molar-refractivity contribution < 1.29 is 5.11 Å². The van der Waals surface area contributed by atoms with Gasteiger partial charge in [0, 0.05) is 0 Å². The van der Waals surface area contributed by atoms with Gasteiger partial charge in [0.05, 0.1) is 6.10 Å². The summed E-state index contributed by atoms with van der Waals surface area (Å²) in [6, 6.07) is 0. The molecule has 0 radical (unpaired) electrons. The Balaban J connectivity index is 1.54.